The second-order valence-electron chi connectivity index (χ2n) is 6.21. The summed E-state index contributed by atoms with van der Waals surface area (Å²) in [4.78, 5) is 23.5. The lowest BCUT2D eigenvalue weighted by atomic mass is 10.1. The summed E-state index contributed by atoms with van der Waals surface area (Å²) >= 11 is 0. The van der Waals surface area contributed by atoms with Crippen molar-refractivity contribution in [2.24, 2.45) is 0 Å². The Labute approximate surface area is 136 Å². The predicted octanol–water partition coefficient (Wildman–Crippen LogP) is 2.78. The van der Waals surface area contributed by atoms with Gasteiger partial charge in [-0.2, -0.15) is 0 Å². The normalized spacial score (nSPS) is 16.5. The van der Waals surface area contributed by atoms with Gasteiger partial charge >= 0.3 is 6.03 Å². The number of hydrogen-bond acceptors (Lipinski definition) is 3. The summed E-state index contributed by atoms with van der Waals surface area (Å²) in [5, 5.41) is 0. The van der Waals surface area contributed by atoms with E-state index >= 15 is 0 Å². The molecule has 1 saturated heterocycles. The minimum atomic E-state index is -0.230. The largest absolute Gasteiger partial charge is 0.327 e. The number of benzene rings is 1. The molecule has 1 aromatic heterocycles. The maximum Gasteiger partial charge on any atom is 0.327 e. The number of nitrogens with zero attached hydrogens (tertiary/aromatic N) is 4. The number of amides is 2. The van der Waals surface area contributed by atoms with Gasteiger partial charge in [0.15, 0.2) is 0 Å². The van der Waals surface area contributed by atoms with E-state index in [4.69, 9.17) is 6.42 Å². The third kappa shape index (κ3) is 2.88. The molecule has 2 amide bonds. The Morgan fingerprint density at radius 1 is 1.26 bits per heavy atom. The fourth-order valence-electron chi connectivity index (χ4n) is 2.39. The fraction of sp³-hybridized carbons (Fsp3) is 0.278. The van der Waals surface area contributed by atoms with Gasteiger partial charge in [-0.15, -0.1) is 6.42 Å². The van der Waals surface area contributed by atoms with Gasteiger partial charge in [0.05, 0.1) is 12.1 Å². The summed E-state index contributed by atoms with van der Waals surface area (Å²) in [7, 11) is 1.77. The van der Waals surface area contributed by atoms with E-state index in [1.54, 1.807) is 29.1 Å². The summed E-state index contributed by atoms with van der Waals surface area (Å²) < 4.78 is 0. The van der Waals surface area contributed by atoms with Crippen molar-refractivity contribution in [1.82, 2.24) is 14.9 Å². The first-order valence-electron chi connectivity index (χ1n) is 7.38. The van der Waals surface area contributed by atoms with E-state index in [9.17, 15) is 4.79 Å². The second-order valence-corrected chi connectivity index (χ2v) is 6.21. The summed E-state index contributed by atoms with van der Waals surface area (Å²) in [5.74, 6) is 2.80. The molecule has 3 aliphatic rings. The van der Waals surface area contributed by atoms with Crippen LogP contribution in [0.2, 0.25) is 0 Å². The molecular formula is C18H18N4O. The van der Waals surface area contributed by atoms with E-state index < -0.39 is 0 Å². The Morgan fingerprint density at radius 2 is 1.96 bits per heavy atom. The van der Waals surface area contributed by atoms with E-state index in [2.05, 4.69) is 40.2 Å². The molecule has 0 bridgehead atoms. The molecule has 1 fully saturated rings. The molecule has 23 heavy (non-hydrogen) atoms. The average molecular weight is 306 g/mol. The van der Waals surface area contributed by atoms with Gasteiger partial charge in [-0.25, -0.2) is 14.8 Å². The van der Waals surface area contributed by atoms with Crippen molar-refractivity contribution < 1.29 is 4.79 Å². The maximum absolute atomic E-state index is 12.0. The number of carbonyl (C=O) groups excluding carboxylic acids is 1. The van der Waals surface area contributed by atoms with Crippen molar-refractivity contribution in [3.05, 3.63) is 42.2 Å². The van der Waals surface area contributed by atoms with Crippen LogP contribution in [0, 0.1) is 12.3 Å². The third-order valence-corrected chi connectivity index (χ3v) is 4.12. The number of hydrogen-bond donors (Lipinski definition) is 0. The quantitative estimate of drug-likeness (QED) is 0.650. The molecular weight excluding hydrogens is 288 g/mol. The molecule has 116 valence electrons. The zero-order chi connectivity index (χ0) is 16.6. The van der Waals surface area contributed by atoms with Crippen molar-refractivity contribution in [3.63, 3.8) is 0 Å². The first-order valence-corrected chi connectivity index (χ1v) is 7.38. The van der Waals surface area contributed by atoms with Crippen LogP contribution in [0.25, 0.3) is 11.1 Å². The van der Waals surface area contributed by atoms with Gasteiger partial charge < -0.3 is 4.90 Å². The second kappa shape index (κ2) is 5.40. The molecule has 4 rings (SSSR count). The van der Waals surface area contributed by atoms with Crippen LogP contribution in [-0.4, -0.2) is 40.0 Å². The van der Waals surface area contributed by atoms with E-state index in [-0.39, 0.29) is 11.6 Å². The molecule has 2 heterocycles. The molecule has 5 heteroatoms. The van der Waals surface area contributed by atoms with Crippen LogP contribution in [0.4, 0.5) is 10.7 Å². The number of carbonyl (C=O) groups is 1. The average Bonchev–Trinajstić information content (AvgIpc) is 3.10. The lowest BCUT2D eigenvalue weighted by molar-refractivity contribution is 0.198. The monoisotopic (exact) mass is 306 g/mol. The number of aromatic nitrogens is 2. The van der Waals surface area contributed by atoms with E-state index in [0.717, 1.165) is 0 Å². The Kier molecular flexibility index (Phi) is 3.53. The molecule has 0 radical (unpaired) electrons. The summed E-state index contributed by atoms with van der Waals surface area (Å²) in [6.07, 6.45) is 6.84. The SMILES string of the molecule is C#Cc1ccnc(N2CC(C)(C)N(C)C2=O)n1.c1cc2cc-2c1. The predicted molar refractivity (Wildman–Crippen MR) is 90.0 cm³/mol. The van der Waals surface area contributed by atoms with Crippen LogP contribution in [-0.2, 0) is 0 Å². The van der Waals surface area contributed by atoms with Gasteiger partial charge in [-0.05, 0) is 37.1 Å². The highest BCUT2D eigenvalue weighted by atomic mass is 16.2. The minimum absolute atomic E-state index is 0.107. The molecule has 0 N–H and O–H groups in total. The maximum atomic E-state index is 12.0. The van der Waals surface area contributed by atoms with Crippen LogP contribution in [0.15, 0.2) is 36.5 Å². The highest BCUT2D eigenvalue weighted by Gasteiger charge is 2.42. The van der Waals surface area contributed by atoms with Crippen LogP contribution in [0.5, 0.6) is 0 Å². The standard InChI is InChI=1S/C12H14N4O.C6H4/c1-5-9-6-7-13-10(14-9)16-8-12(2,3)15(4)11(16)17;1-2-5-4-6(5)3-1/h1,6-7H,8H2,2-4H3;1-4H. The molecule has 0 unspecified atom stereocenters. The number of urea groups is 1. The molecule has 5 nitrogen and oxygen atoms in total. The summed E-state index contributed by atoms with van der Waals surface area (Å²) in [6.45, 7) is 4.54. The number of fused-ring (bicyclic) bond motifs is 1. The molecule has 1 aromatic rings. The number of rotatable bonds is 1. The van der Waals surface area contributed by atoms with Gasteiger partial charge in [-0.3, -0.25) is 4.90 Å². The Hall–Kier alpha value is -2.87. The highest BCUT2D eigenvalue weighted by Crippen LogP contribution is 2.32. The van der Waals surface area contributed by atoms with Crippen molar-refractivity contribution in [2.45, 2.75) is 19.4 Å². The van der Waals surface area contributed by atoms with Gasteiger partial charge in [0.2, 0.25) is 5.95 Å². The van der Waals surface area contributed by atoms with Crippen LogP contribution < -0.4 is 4.90 Å². The van der Waals surface area contributed by atoms with Crippen molar-refractivity contribution >= 4 is 12.0 Å². The van der Waals surface area contributed by atoms with Crippen LogP contribution in [0.3, 0.4) is 0 Å². The van der Waals surface area contributed by atoms with Crippen LogP contribution >= 0.6 is 0 Å². The lowest BCUT2D eigenvalue weighted by Crippen LogP contribution is -2.38. The Balaban J connectivity index is 0.000000213. The Bertz CT molecular complexity index is 789. The molecule has 0 spiro atoms. The third-order valence-electron chi connectivity index (χ3n) is 4.12. The number of anilines is 1. The van der Waals surface area contributed by atoms with Crippen molar-refractivity contribution in [1.29, 1.82) is 0 Å². The van der Waals surface area contributed by atoms with E-state index in [0.29, 0.717) is 18.2 Å². The van der Waals surface area contributed by atoms with Gasteiger partial charge in [-0.1, -0.05) is 24.1 Å². The Morgan fingerprint density at radius 3 is 2.39 bits per heavy atom. The van der Waals surface area contributed by atoms with Crippen LogP contribution in [0.1, 0.15) is 19.5 Å². The van der Waals surface area contributed by atoms with E-state index in [1.807, 2.05) is 13.8 Å². The van der Waals surface area contributed by atoms with Gasteiger partial charge in [0.25, 0.3) is 0 Å². The summed E-state index contributed by atoms with van der Waals surface area (Å²) in [6, 6.07) is 10.0. The van der Waals surface area contributed by atoms with Crippen molar-refractivity contribution in [3.8, 4) is 23.5 Å². The van der Waals surface area contributed by atoms with Gasteiger partial charge in [0.1, 0.15) is 5.69 Å². The topological polar surface area (TPSA) is 49.3 Å². The molecule has 0 saturated carbocycles. The molecule has 0 aromatic carbocycles. The molecule has 1 aliphatic heterocycles. The lowest BCUT2D eigenvalue weighted by Gasteiger charge is -2.24. The first-order chi connectivity index (χ1) is 10.9. The highest BCUT2D eigenvalue weighted by molar-refractivity contribution is 5.93. The molecule has 2 aliphatic carbocycles. The van der Waals surface area contributed by atoms with Gasteiger partial charge in [0, 0.05) is 13.2 Å². The zero-order valence-electron chi connectivity index (χ0n) is 13.4. The molecule has 0 atom stereocenters. The summed E-state index contributed by atoms with van der Waals surface area (Å²) in [5.41, 5.74) is 3.10. The van der Waals surface area contributed by atoms with Crippen molar-refractivity contribution in [2.75, 3.05) is 18.5 Å². The number of terminal acetylenes is 1. The first kappa shape index (κ1) is 15.0. The minimum Gasteiger partial charge on any atom is -0.320 e. The van der Waals surface area contributed by atoms with E-state index in [1.165, 1.54) is 11.1 Å². The smallest absolute Gasteiger partial charge is 0.320 e. The zero-order valence-corrected chi connectivity index (χ0v) is 13.4. The fourth-order valence-corrected chi connectivity index (χ4v) is 2.39. The number of likely N-dealkylation sites (N-methyl/N-ethyl adjacent to an activating group) is 1.